The van der Waals surface area contributed by atoms with Gasteiger partial charge in [0.1, 0.15) is 17.2 Å². The molecule has 0 aromatic carbocycles. The second kappa shape index (κ2) is 4.62. The van der Waals surface area contributed by atoms with Gasteiger partial charge < -0.3 is 15.5 Å². The summed E-state index contributed by atoms with van der Waals surface area (Å²) in [4.78, 5) is 30.1. The van der Waals surface area contributed by atoms with Crippen LogP contribution in [0, 0.1) is 10.1 Å². The number of nitrogens with zero attached hydrogens (tertiary/aromatic N) is 4. The van der Waals surface area contributed by atoms with Crippen molar-refractivity contribution in [2.24, 2.45) is 0 Å². The predicted molar refractivity (Wildman–Crippen MR) is 74.4 cm³/mol. The number of amides is 1. The first-order valence-corrected chi connectivity index (χ1v) is 6.18. The molecule has 0 aliphatic carbocycles. The van der Waals surface area contributed by atoms with E-state index in [2.05, 4.69) is 4.98 Å². The summed E-state index contributed by atoms with van der Waals surface area (Å²) in [5.41, 5.74) is 4.67. The van der Waals surface area contributed by atoms with Crippen LogP contribution in [0.15, 0.2) is 12.1 Å². The first-order valence-electron chi connectivity index (χ1n) is 6.18. The van der Waals surface area contributed by atoms with E-state index in [-0.39, 0.29) is 17.4 Å². The fourth-order valence-electron chi connectivity index (χ4n) is 2.38. The maximum atomic E-state index is 12.2. The molecule has 0 radical (unpaired) electrons. The number of nitro groups is 1. The largest absolute Gasteiger partial charge is 0.383 e. The highest BCUT2D eigenvalue weighted by atomic mass is 16.6. The molecule has 2 N–H and O–H groups in total. The van der Waals surface area contributed by atoms with Gasteiger partial charge in [0, 0.05) is 20.1 Å². The zero-order valence-corrected chi connectivity index (χ0v) is 11.7. The molecule has 1 aliphatic heterocycles. The number of nitrogens with two attached hydrogens (primary N) is 1. The van der Waals surface area contributed by atoms with Gasteiger partial charge >= 0.3 is 0 Å². The summed E-state index contributed by atoms with van der Waals surface area (Å²) in [7, 11) is 1.73. The Morgan fingerprint density at radius 2 is 2.05 bits per heavy atom. The molecule has 0 spiro atoms. The number of anilines is 2. The number of hydrogen-bond acceptors (Lipinski definition) is 6. The second-order valence-corrected chi connectivity index (χ2v) is 5.30. The Morgan fingerprint density at radius 1 is 1.40 bits per heavy atom. The van der Waals surface area contributed by atoms with Crippen molar-refractivity contribution in [3.8, 4) is 0 Å². The minimum absolute atomic E-state index is 0.0596. The van der Waals surface area contributed by atoms with Crippen LogP contribution in [0.3, 0.4) is 0 Å². The second-order valence-electron chi connectivity index (χ2n) is 5.30. The maximum absolute atomic E-state index is 12.2. The molecule has 1 aliphatic rings. The van der Waals surface area contributed by atoms with E-state index >= 15 is 0 Å². The molecule has 0 unspecified atom stereocenters. The van der Waals surface area contributed by atoms with Crippen molar-refractivity contribution in [2.45, 2.75) is 19.4 Å². The Kier molecular flexibility index (Phi) is 3.24. The van der Waals surface area contributed by atoms with Crippen molar-refractivity contribution in [1.29, 1.82) is 0 Å². The smallest absolute Gasteiger partial charge is 0.276 e. The van der Waals surface area contributed by atoms with Crippen molar-refractivity contribution in [3.63, 3.8) is 0 Å². The molecule has 8 heteroatoms. The van der Waals surface area contributed by atoms with Crippen molar-refractivity contribution < 1.29 is 9.72 Å². The molecule has 0 bridgehead atoms. The lowest BCUT2D eigenvalue weighted by Crippen LogP contribution is -2.62. The highest BCUT2D eigenvalue weighted by molar-refractivity contribution is 5.90. The van der Waals surface area contributed by atoms with Crippen LogP contribution in [-0.2, 0) is 4.79 Å². The third kappa shape index (κ3) is 2.24. The van der Waals surface area contributed by atoms with E-state index < -0.39 is 10.5 Å². The summed E-state index contributed by atoms with van der Waals surface area (Å²) in [6.07, 6.45) is 0. The number of nitrogen functional groups attached to an aromatic ring is 1. The molecule has 1 fully saturated rings. The minimum atomic E-state index is -0.818. The number of likely N-dealkylation sites (N-methyl/N-ethyl adjacent to an activating group) is 1. The third-order valence-corrected chi connectivity index (χ3v) is 3.51. The SMILES string of the molecule is CN1CCN(c2cc([N+](=O)[O-])cc(N)n2)C(C)(C)C1=O. The zero-order valence-electron chi connectivity index (χ0n) is 11.7. The normalized spacial score (nSPS) is 18.2. The predicted octanol–water partition coefficient (Wildman–Crippen LogP) is 0.629. The number of hydrogen-bond donors (Lipinski definition) is 1. The molecule has 1 amide bonds. The number of pyridine rings is 1. The lowest BCUT2D eigenvalue weighted by Gasteiger charge is -2.45. The number of piperazine rings is 1. The summed E-state index contributed by atoms with van der Waals surface area (Å²) < 4.78 is 0. The van der Waals surface area contributed by atoms with Gasteiger partial charge in [-0.25, -0.2) is 4.98 Å². The van der Waals surface area contributed by atoms with Gasteiger partial charge in [-0.2, -0.15) is 0 Å². The van der Waals surface area contributed by atoms with Crippen molar-refractivity contribution >= 4 is 23.2 Å². The van der Waals surface area contributed by atoms with Crippen molar-refractivity contribution in [2.75, 3.05) is 30.8 Å². The fourth-order valence-corrected chi connectivity index (χ4v) is 2.38. The highest BCUT2D eigenvalue weighted by Crippen LogP contribution is 2.30. The zero-order chi connectivity index (χ0) is 15.1. The summed E-state index contributed by atoms with van der Waals surface area (Å²) in [6.45, 7) is 4.61. The quantitative estimate of drug-likeness (QED) is 0.628. The molecule has 108 valence electrons. The molecule has 8 nitrogen and oxygen atoms in total. The van der Waals surface area contributed by atoms with Gasteiger partial charge in [-0.3, -0.25) is 14.9 Å². The number of aromatic nitrogens is 1. The van der Waals surface area contributed by atoms with Crippen LogP contribution >= 0.6 is 0 Å². The summed E-state index contributed by atoms with van der Waals surface area (Å²) >= 11 is 0. The molecule has 20 heavy (non-hydrogen) atoms. The average molecular weight is 279 g/mol. The fraction of sp³-hybridized carbons (Fsp3) is 0.500. The Balaban J connectivity index is 2.45. The van der Waals surface area contributed by atoms with Crippen LogP contribution in [0.4, 0.5) is 17.3 Å². The Bertz CT molecular complexity index is 572. The van der Waals surface area contributed by atoms with E-state index in [1.165, 1.54) is 12.1 Å². The molecule has 1 aromatic heterocycles. The molecule has 1 saturated heterocycles. The molecular weight excluding hydrogens is 262 g/mol. The Morgan fingerprint density at radius 3 is 2.65 bits per heavy atom. The van der Waals surface area contributed by atoms with E-state index in [4.69, 9.17) is 5.73 Å². The van der Waals surface area contributed by atoms with Gasteiger partial charge in [0.15, 0.2) is 0 Å². The molecule has 0 saturated carbocycles. The van der Waals surface area contributed by atoms with E-state index in [1.807, 2.05) is 0 Å². The van der Waals surface area contributed by atoms with Gasteiger partial charge in [-0.15, -0.1) is 0 Å². The lowest BCUT2D eigenvalue weighted by molar-refractivity contribution is -0.384. The van der Waals surface area contributed by atoms with E-state index in [1.54, 1.807) is 30.7 Å². The van der Waals surface area contributed by atoms with Crippen LogP contribution in [0.1, 0.15) is 13.8 Å². The van der Waals surface area contributed by atoms with Crippen LogP contribution in [0.5, 0.6) is 0 Å². The van der Waals surface area contributed by atoms with E-state index in [0.29, 0.717) is 18.9 Å². The number of carbonyl (C=O) groups excluding carboxylic acids is 1. The van der Waals surface area contributed by atoms with Gasteiger partial charge in [0.2, 0.25) is 5.91 Å². The lowest BCUT2D eigenvalue weighted by atomic mass is 9.98. The van der Waals surface area contributed by atoms with E-state index in [9.17, 15) is 14.9 Å². The van der Waals surface area contributed by atoms with Crippen LogP contribution < -0.4 is 10.6 Å². The molecule has 2 heterocycles. The third-order valence-electron chi connectivity index (χ3n) is 3.51. The van der Waals surface area contributed by atoms with Crippen LogP contribution in [-0.4, -0.2) is 46.4 Å². The molecular formula is C12H17N5O3. The summed E-state index contributed by atoms with van der Waals surface area (Å²) in [5, 5.41) is 10.9. The minimum Gasteiger partial charge on any atom is -0.383 e. The molecule has 1 aromatic rings. The summed E-state index contributed by atoms with van der Waals surface area (Å²) in [5.74, 6) is 0.357. The van der Waals surface area contributed by atoms with Gasteiger partial charge in [0.25, 0.3) is 5.69 Å². The Hall–Kier alpha value is -2.38. The van der Waals surface area contributed by atoms with Crippen molar-refractivity contribution in [3.05, 3.63) is 22.2 Å². The maximum Gasteiger partial charge on any atom is 0.276 e. The van der Waals surface area contributed by atoms with Crippen LogP contribution in [0.2, 0.25) is 0 Å². The average Bonchev–Trinajstić information content (AvgIpc) is 2.35. The topological polar surface area (TPSA) is 106 Å². The number of rotatable bonds is 2. The molecule has 2 rings (SSSR count). The number of carbonyl (C=O) groups is 1. The standard InChI is InChI=1S/C12H17N5O3/c1-12(2)11(18)15(3)4-5-16(12)10-7-8(17(19)20)6-9(13)14-10/h6-7H,4-5H2,1-3H3,(H2,13,14). The van der Waals surface area contributed by atoms with E-state index in [0.717, 1.165) is 0 Å². The summed E-state index contributed by atoms with van der Waals surface area (Å²) in [6, 6.07) is 2.55. The van der Waals surface area contributed by atoms with Crippen molar-refractivity contribution in [1.82, 2.24) is 9.88 Å². The monoisotopic (exact) mass is 279 g/mol. The Labute approximate surface area is 116 Å². The molecule has 0 atom stereocenters. The first kappa shape index (κ1) is 14.0. The van der Waals surface area contributed by atoms with Gasteiger partial charge in [-0.05, 0) is 13.8 Å². The van der Waals surface area contributed by atoms with Gasteiger partial charge in [0.05, 0.1) is 17.1 Å². The van der Waals surface area contributed by atoms with Crippen LogP contribution in [0.25, 0.3) is 0 Å². The first-order chi connectivity index (χ1) is 9.23. The van der Waals surface area contributed by atoms with Gasteiger partial charge in [-0.1, -0.05) is 0 Å². The highest BCUT2D eigenvalue weighted by Gasteiger charge is 2.41.